The maximum Gasteiger partial charge on any atom is 0.501 e. The lowest BCUT2D eigenvalue weighted by Gasteiger charge is -2.48. The van der Waals surface area contributed by atoms with Crippen LogP contribution in [-0.2, 0) is 13.3 Å². The molecule has 0 amide bonds. The largest absolute Gasteiger partial charge is 0.501 e. The van der Waals surface area contributed by atoms with E-state index in [1.807, 2.05) is 0 Å². The first-order chi connectivity index (χ1) is 8.39. The van der Waals surface area contributed by atoms with E-state index >= 15 is 0 Å². The van der Waals surface area contributed by atoms with Gasteiger partial charge in [-0.3, -0.25) is 0 Å². The minimum atomic E-state index is -2.35. The summed E-state index contributed by atoms with van der Waals surface area (Å²) in [5.74, 6) is 0. The first-order valence-electron chi connectivity index (χ1n) is 6.92. The van der Waals surface area contributed by atoms with Crippen molar-refractivity contribution in [2.45, 2.75) is 31.3 Å². The summed E-state index contributed by atoms with van der Waals surface area (Å²) in [6.45, 7) is 6.40. The van der Waals surface area contributed by atoms with Crippen molar-refractivity contribution in [1.82, 2.24) is 0 Å². The van der Waals surface area contributed by atoms with Crippen LogP contribution in [-0.4, -0.2) is 65.8 Å². The van der Waals surface area contributed by atoms with Crippen LogP contribution < -0.4 is 5.73 Å². The van der Waals surface area contributed by atoms with Crippen LogP contribution in [0.5, 0.6) is 0 Å². The molecule has 0 aromatic rings. The lowest BCUT2D eigenvalue weighted by molar-refractivity contribution is -0.890. The fourth-order valence-corrected chi connectivity index (χ4v) is 5.46. The highest BCUT2D eigenvalue weighted by atomic mass is 28.4. The second kappa shape index (κ2) is 5.18. The molecular weight excluding hydrogens is 248 g/mol. The molecule has 0 aromatic heterocycles. The van der Waals surface area contributed by atoms with Gasteiger partial charge in [0.25, 0.3) is 0 Å². The van der Waals surface area contributed by atoms with Gasteiger partial charge in [-0.15, -0.1) is 0 Å². The maximum absolute atomic E-state index is 6.04. The molecule has 0 atom stereocenters. The number of fused-ring (bicyclic) bond motifs is 3. The smallest absolute Gasteiger partial charge is 0.371 e. The van der Waals surface area contributed by atoms with E-state index in [4.69, 9.17) is 19.0 Å². The first kappa shape index (κ1) is 14.4. The molecule has 5 nitrogen and oxygen atoms in total. The highest BCUT2D eigenvalue weighted by Crippen LogP contribution is 2.31. The van der Waals surface area contributed by atoms with E-state index in [-0.39, 0.29) is 0 Å². The van der Waals surface area contributed by atoms with Crippen molar-refractivity contribution in [1.29, 1.82) is 0 Å². The summed E-state index contributed by atoms with van der Waals surface area (Å²) in [4.78, 5) is 0. The lowest BCUT2D eigenvalue weighted by Crippen LogP contribution is -2.70. The van der Waals surface area contributed by atoms with Gasteiger partial charge in [-0.05, 0) is 6.42 Å². The fraction of sp³-hybridized carbons (Fsp3) is 1.00. The molecule has 3 heterocycles. The number of rotatable bonds is 6. The molecule has 106 valence electrons. The average Bonchev–Trinajstić information content (AvgIpc) is 2.31. The average molecular weight is 275 g/mol. The van der Waals surface area contributed by atoms with E-state index in [1.165, 1.54) is 13.0 Å². The van der Waals surface area contributed by atoms with E-state index in [2.05, 4.69) is 21.0 Å². The summed E-state index contributed by atoms with van der Waals surface area (Å²) >= 11 is 0. The van der Waals surface area contributed by atoms with Crippen molar-refractivity contribution < 1.29 is 17.8 Å². The van der Waals surface area contributed by atoms with Crippen LogP contribution in [0.25, 0.3) is 0 Å². The topological polar surface area (TPSA) is 53.7 Å². The molecule has 3 aliphatic heterocycles. The van der Waals surface area contributed by atoms with Gasteiger partial charge in [-0.2, -0.15) is 0 Å². The summed E-state index contributed by atoms with van der Waals surface area (Å²) in [6, 6.07) is 0.925. The predicted octanol–water partition coefficient (Wildman–Crippen LogP) is 0.576. The molecule has 0 aliphatic carbocycles. The molecular formula is C12H27N2O3Si+. The van der Waals surface area contributed by atoms with Gasteiger partial charge < -0.3 is 23.5 Å². The van der Waals surface area contributed by atoms with Gasteiger partial charge >= 0.3 is 8.80 Å². The number of nitrogens with zero attached hydrogens (tertiary/aromatic N) is 1. The van der Waals surface area contributed by atoms with Crippen LogP contribution in [0.4, 0.5) is 0 Å². The highest BCUT2D eigenvalue weighted by molar-refractivity contribution is 6.61. The van der Waals surface area contributed by atoms with E-state index < -0.39 is 14.3 Å². The van der Waals surface area contributed by atoms with Crippen LogP contribution >= 0.6 is 0 Å². The van der Waals surface area contributed by atoms with Gasteiger partial charge in [-0.25, -0.2) is 0 Å². The summed E-state index contributed by atoms with van der Waals surface area (Å²) in [5, 5.41) is 0. The minimum Gasteiger partial charge on any atom is -0.371 e. The Morgan fingerprint density at radius 3 is 2.17 bits per heavy atom. The zero-order valence-electron chi connectivity index (χ0n) is 11.9. The Kier molecular flexibility index (Phi) is 4.16. The third-order valence-corrected chi connectivity index (χ3v) is 6.53. The normalized spacial score (nSPS) is 36.0. The molecule has 0 saturated carbocycles. The van der Waals surface area contributed by atoms with Crippen molar-refractivity contribution in [3.63, 3.8) is 0 Å². The number of nitrogens with two attached hydrogens (primary N) is 1. The second-order valence-electron chi connectivity index (χ2n) is 6.40. The van der Waals surface area contributed by atoms with E-state index in [0.717, 1.165) is 23.5 Å². The second-order valence-corrected chi connectivity index (χ2v) is 9.13. The summed E-state index contributed by atoms with van der Waals surface area (Å²) in [7, 11) is 2.20. The van der Waals surface area contributed by atoms with Crippen LogP contribution in [0.1, 0.15) is 19.8 Å². The number of hydrogen-bond acceptors (Lipinski definition) is 4. The Balaban J connectivity index is 1.77. The predicted molar refractivity (Wildman–Crippen MR) is 72.1 cm³/mol. The van der Waals surface area contributed by atoms with Crippen molar-refractivity contribution in [3.8, 4) is 0 Å². The molecule has 2 bridgehead atoms. The summed E-state index contributed by atoms with van der Waals surface area (Å²) in [5.41, 5.74) is 5.64. The van der Waals surface area contributed by atoms with Crippen LogP contribution in [0.15, 0.2) is 0 Å². The molecule has 0 radical (unpaired) electrons. The Bertz CT molecular complexity index is 275. The monoisotopic (exact) mass is 275 g/mol. The third-order valence-electron chi connectivity index (χ3n) is 3.81. The first-order valence-corrected chi connectivity index (χ1v) is 8.85. The molecule has 0 unspecified atom stereocenters. The summed E-state index contributed by atoms with van der Waals surface area (Å²) in [6.07, 6.45) is 2.31. The van der Waals surface area contributed by atoms with Gasteiger partial charge in [0.15, 0.2) is 0 Å². The molecule has 0 spiro atoms. The Morgan fingerprint density at radius 1 is 1.11 bits per heavy atom. The molecule has 2 N–H and O–H groups in total. The van der Waals surface area contributed by atoms with E-state index in [1.54, 1.807) is 0 Å². The van der Waals surface area contributed by atoms with Gasteiger partial charge in [0.1, 0.15) is 0 Å². The Morgan fingerprint density at radius 2 is 1.67 bits per heavy atom. The van der Waals surface area contributed by atoms with Gasteiger partial charge in [0.05, 0.1) is 52.5 Å². The van der Waals surface area contributed by atoms with Crippen molar-refractivity contribution in [3.05, 3.63) is 0 Å². The molecule has 6 heteroatoms. The Hall–Kier alpha value is 0.0169. The zero-order valence-corrected chi connectivity index (χ0v) is 12.9. The standard InChI is InChI=1S/C12H27N2O3Si/c1-4-6-14(2,3)7-5-8-18-15-9-12(13,10-16-18)11-17-18/h4-11,13H2,1-3H3/q+1. The molecule has 0 aromatic carbocycles. The van der Waals surface area contributed by atoms with Gasteiger partial charge in [0.2, 0.25) is 0 Å². The summed E-state index contributed by atoms with van der Waals surface area (Å²) < 4.78 is 18.5. The molecule has 3 aliphatic rings. The van der Waals surface area contributed by atoms with Crippen molar-refractivity contribution in [2.75, 3.05) is 47.0 Å². The van der Waals surface area contributed by atoms with Crippen molar-refractivity contribution >= 4 is 8.80 Å². The van der Waals surface area contributed by atoms with Crippen molar-refractivity contribution in [2.24, 2.45) is 5.73 Å². The minimum absolute atomic E-state index is 0.397. The zero-order chi connectivity index (χ0) is 13.3. The number of quaternary nitrogens is 1. The molecule has 3 fully saturated rings. The van der Waals surface area contributed by atoms with Gasteiger partial charge in [-0.1, -0.05) is 6.92 Å². The van der Waals surface area contributed by atoms with Gasteiger partial charge in [0, 0.05) is 12.5 Å². The molecule has 18 heavy (non-hydrogen) atoms. The SMILES string of the molecule is CCC[N+](C)(C)CCC[Si]12OCC(N)(CO1)CO2. The molecule has 3 saturated heterocycles. The lowest BCUT2D eigenvalue weighted by atomic mass is 10.1. The third kappa shape index (κ3) is 3.31. The quantitative estimate of drug-likeness (QED) is 0.569. The Labute approximate surface area is 111 Å². The fourth-order valence-electron chi connectivity index (χ4n) is 2.67. The number of hydrogen-bond donors (Lipinski definition) is 1. The molecule has 3 rings (SSSR count). The van der Waals surface area contributed by atoms with E-state index in [0.29, 0.717) is 19.8 Å². The van der Waals surface area contributed by atoms with E-state index in [9.17, 15) is 0 Å². The maximum atomic E-state index is 6.04. The van der Waals surface area contributed by atoms with Crippen LogP contribution in [0, 0.1) is 0 Å². The van der Waals surface area contributed by atoms with Crippen LogP contribution in [0.3, 0.4) is 0 Å². The van der Waals surface area contributed by atoms with Crippen LogP contribution in [0.2, 0.25) is 6.04 Å². The highest BCUT2D eigenvalue weighted by Gasteiger charge is 2.54.